The van der Waals surface area contributed by atoms with Crippen molar-refractivity contribution in [1.82, 2.24) is 0 Å². The Morgan fingerprint density at radius 1 is 1.62 bits per heavy atom. The van der Waals surface area contributed by atoms with Crippen molar-refractivity contribution in [2.45, 2.75) is 0 Å². The van der Waals surface area contributed by atoms with Crippen LogP contribution in [0.25, 0.3) is 10.4 Å². The average molecular weight is 241 g/mol. The molecule has 0 radical (unpaired) electrons. The van der Waals surface area contributed by atoms with Crippen molar-refractivity contribution < 1.29 is 4.39 Å². The van der Waals surface area contributed by atoms with Crippen molar-refractivity contribution in [3.63, 3.8) is 0 Å². The summed E-state index contributed by atoms with van der Waals surface area (Å²) in [5, 5.41) is 11.8. The van der Waals surface area contributed by atoms with Gasteiger partial charge in [-0.1, -0.05) is 5.11 Å². The standard InChI is InChI=1S/C7H2BrFN4/c8-6-5(9)2-1-4(3-10)7(6)12-13-11/h1-2H. The Morgan fingerprint density at radius 3 is 2.85 bits per heavy atom. The van der Waals surface area contributed by atoms with Gasteiger partial charge in [0.25, 0.3) is 0 Å². The molecule has 6 heteroatoms. The summed E-state index contributed by atoms with van der Waals surface area (Å²) < 4.78 is 12.9. The number of hydrogen-bond donors (Lipinski definition) is 0. The lowest BCUT2D eigenvalue weighted by Crippen LogP contribution is -1.82. The van der Waals surface area contributed by atoms with Crippen molar-refractivity contribution in [2.75, 3.05) is 0 Å². The minimum absolute atomic E-state index is 0.00403. The van der Waals surface area contributed by atoms with Crippen LogP contribution in [0.1, 0.15) is 5.56 Å². The third-order valence-corrected chi connectivity index (χ3v) is 2.09. The van der Waals surface area contributed by atoms with Crippen molar-refractivity contribution in [2.24, 2.45) is 5.11 Å². The van der Waals surface area contributed by atoms with E-state index in [1.165, 1.54) is 6.07 Å². The van der Waals surface area contributed by atoms with E-state index in [0.717, 1.165) is 6.07 Å². The highest BCUT2D eigenvalue weighted by atomic mass is 79.9. The fourth-order valence-electron chi connectivity index (χ4n) is 0.773. The molecule has 64 valence electrons. The summed E-state index contributed by atoms with van der Waals surface area (Å²) in [6.07, 6.45) is 0. The second-order valence-electron chi connectivity index (χ2n) is 2.06. The van der Waals surface area contributed by atoms with Gasteiger partial charge in [0.1, 0.15) is 5.82 Å². The second kappa shape index (κ2) is 3.90. The van der Waals surface area contributed by atoms with Gasteiger partial charge in [0, 0.05) is 4.91 Å². The van der Waals surface area contributed by atoms with Crippen LogP contribution in [0.5, 0.6) is 0 Å². The molecule has 0 aliphatic rings. The quantitative estimate of drug-likeness (QED) is 0.421. The van der Waals surface area contributed by atoms with E-state index in [4.69, 9.17) is 10.8 Å². The van der Waals surface area contributed by atoms with E-state index < -0.39 is 5.82 Å². The summed E-state index contributed by atoms with van der Waals surface area (Å²) in [5.74, 6) is -0.568. The highest BCUT2D eigenvalue weighted by Crippen LogP contribution is 2.31. The Kier molecular flexibility index (Phi) is 2.85. The minimum atomic E-state index is -0.568. The molecule has 4 nitrogen and oxygen atoms in total. The molecule has 0 heterocycles. The Hall–Kier alpha value is -1.57. The molecule has 1 rings (SSSR count). The number of benzene rings is 1. The molecule has 0 N–H and O–H groups in total. The fraction of sp³-hybridized carbons (Fsp3) is 0. The summed E-state index contributed by atoms with van der Waals surface area (Å²) in [7, 11) is 0. The summed E-state index contributed by atoms with van der Waals surface area (Å²) in [4.78, 5) is 2.49. The van der Waals surface area contributed by atoms with Crippen LogP contribution >= 0.6 is 15.9 Å². The number of halogens is 2. The monoisotopic (exact) mass is 240 g/mol. The summed E-state index contributed by atoms with van der Waals surface area (Å²) >= 11 is 2.88. The predicted octanol–water partition coefficient (Wildman–Crippen LogP) is 3.40. The van der Waals surface area contributed by atoms with E-state index in [9.17, 15) is 4.39 Å². The van der Waals surface area contributed by atoms with E-state index in [-0.39, 0.29) is 15.7 Å². The molecule has 0 amide bonds. The molecule has 0 aromatic heterocycles. The number of rotatable bonds is 1. The molecule has 0 fully saturated rings. The molecular weight excluding hydrogens is 239 g/mol. The van der Waals surface area contributed by atoms with Crippen LogP contribution in [-0.2, 0) is 0 Å². The van der Waals surface area contributed by atoms with Crippen molar-refractivity contribution in [1.29, 1.82) is 5.26 Å². The Morgan fingerprint density at radius 2 is 2.31 bits per heavy atom. The molecule has 0 bridgehead atoms. The lowest BCUT2D eigenvalue weighted by molar-refractivity contribution is 0.621. The van der Waals surface area contributed by atoms with Gasteiger partial charge in [-0.05, 0) is 33.6 Å². The zero-order chi connectivity index (χ0) is 9.84. The normalized spacial score (nSPS) is 8.69. The van der Waals surface area contributed by atoms with Gasteiger partial charge in [0.15, 0.2) is 0 Å². The topological polar surface area (TPSA) is 72.5 Å². The van der Waals surface area contributed by atoms with Crippen LogP contribution in [0.3, 0.4) is 0 Å². The van der Waals surface area contributed by atoms with Gasteiger partial charge in [0.2, 0.25) is 0 Å². The molecule has 0 saturated carbocycles. The SMILES string of the molecule is N#Cc1ccc(F)c(Br)c1N=[N+]=[N-]. The van der Waals surface area contributed by atoms with Gasteiger partial charge in [-0.15, -0.1) is 0 Å². The fourth-order valence-corrected chi connectivity index (χ4v) is 1.20. The van der Waals surface area contributed by atoms with Crippen LogP contribution in [0.4, 0.5) is 10.1 Å². The molecule has 0 saturated heterocycles. The molecule has 1 aromatic rings. The van der Waals surface area contributed by atoms with Gasteiger partial charge in [-0.25, -0.2) is 4.39 Å². The second-order valence-corrected chi connectivity index (χ2v) is 2.85. The lowest BCUT2D eigenvalue weighted by Gasteiger charge is -1.99. The van der Waals surface area contributed by atoms with Gasteiger partial charge in [-0.3, -0.25) is 0 Å². The molecule has 0 spiro atoms. The van der Waals surface area contributed by atoms with Crippen molar-refractivity contribution in [3.8, 4) is 6.07 Å². The van der Waals surface area contributed by atoms with E-state index in [1.54, 1.807) is 6.07 Å². The number of hydrogen-bond acceptors (Lipinski definition) is 2. The molecule has 0 aliphatic heterocycles. The van der Waals surface area contributed by atoms with Crippen LogP contribution < -0.4 is 0 Å². The third-order valence-electron chi connectivity index (χ3n) is 1.33. The molecule has 1 aromatic carbocycles. The third kappa shape index (κ3) is 1.78. The first-order chi connectivity index (χ1) is 6.20. The maximum atomic E-state index is 12.9. The molecule has 13 heavy (non-hydrogen) atoms. The zero-order valence-electron chi connectivity index (χ0n) is 6.20. The average Bonchev–Trinajstić information content (AvgIpc) is 2.14. The van der Waals surface area contributed by atoms with E-state index in [2.05, 4.69) is 26.0 Å². The van der Waals surface area contributed by atoms with Gasteiger partial charge in [0.05, 0.1) is 21.8 Å². The van der Waals surface area contributed by atoms with E-state index in [0.29, 0.717) is 0 Å². The predicted molar refractivity (Wildman–Crippen MR) is 47.6 cm³/mol. The van der Waals surface area contributed by atoms with Crippen LogP contribution in [0, 0.1) is 17.1 Å². The summed E-state index contributed by atoms with van der Waals surface area (Å²) in [5.41, 5.74) is 8.27. The smallest absolute Gasteiger partial charge is 0.137 e. The van der Waals surface area contributed by atoms with Gasteiger partial charge in [-0.2, -0.15) is 5.26 Å². The molecule has 0 aliphatic carbocycles. The van der Waals surface area contributed by atoms with E-state index >= 15 is 0 Å². The minimum Gasteiger partial charge on any atom is -0.206 e. The Labute approximate surface area is 81.4 Å². The van der Waals surface area contributed by atoms with E-state index in [1.807, 2.05) is 0 Å². The molecule has 0 unspecified atom stereocenters. The van der Waals surface area contributed by atoms with Crippen LogP contribution in [-0.4, -0.2) is 0 Å². The molecular formula is C7H2BrFN4. The highest BCUT2D eigenvalue weighted by molar-refractivity contribution is 9.10. The summed E-state index contributed by atoms with van der Waals surface area (Å²) in [6.45, 7) is 0. The van der Waals surface area contributed by atoms with Gasteiger partial charge >= 0.3 is 0 Å². The van der Waals surface area contributed by atoms with Crippen molar-refractivity contribution >= 4 is 21.6 Å². The van der Waals surface area contributed by atoms with Gasteiger partial charge < -0.3 is 0 Å². The first kappa shape index (κ1) is 9.52. The number of nitrogens with zero attached hydrogens (tertiary/aromatic N) is 4. The zero-order valence-corrected chi connectivity index (χ0v) is 7.79. The van der Waals surface area contributed by atoms with Crippen LogP contribution in [0.15, 0.2) is 21.7 Å². The highest BCUT2D eigenvalue weighted by Gasteiger charge is 2.08. The number of nitriles is 1. The number of azide groups is 1. The largest absolute Gasteiger partial charge is 0.206 e. The first-order valence-corrected chi connectivity index (χ1v) is 3.93. The maximum absolute atomic E-state index is 12.9. The maximum Gasteiger partial charge on any atom is 0.137 e. The van der Waals surface area contributed by atoms with Crippen LogP contribution in [0.2, 0.25) is 0 Å². The Balaban J connectivity index is 3.52. The first-order valence-electron chi connectivity index (χ1n) is 3.14. The van der Waals surface area contributed by atoms with Crippen molar-refractivity contribution in [3.05, 3.63) is 38.4 Å². The summed E-state index contributed by atoms with van der Waals surface area (Å²) in [6, 6.07) is 4.17. The molecule has 0 atom stereocenters. The Bertz CT molecular complexity index is 431. The lowest BCUT2D eigenvalue weighted by atomic mass is 10.2.